The van der Waals surface area contributed by atoms with Crippen LogP contribution in [0.4, 0.5) is 0 Å². The number of carbonyl (C=O) groups is 4. The van der Waals surface area contributed by atoms with Crippen LogP contribution in [0.3, 0.4) is 0 Å². The lowest BCUT2D eigenvalue weighted by Gasteiger charge is -2.32. The Morgan fingerprint density at radius 3 is 1.53 bits per heavy atom. The lowest BCUT2D eigenvalue weighted by molar-refractivity contribution is 0.0563. The van der Waals surface area contributed by atoms with Crippen molar-refractivity contribution in [2.24, 2.45) is 5.41 Å². The van der Waals surface area contributed by atoms with Crippen molar-refractivity contribution in [3.8, 4) is 35.5 Å². The molecule has 4 amide bonds. The standard InChI is InChI=1S/C49H48N2O4/c1-6-8-10-12-16-20-32(21-17-13-11-9-7-2)51-47(54)39-28-24-35-33-22-26-37-43-38(46(53)50(45(37)52)31-19-15-14-18-30-49(3,4)5)27-23-34(41(33)43)36-25-29-40(48(51)55)44(39)42(35)36/h22-29,32H,6,8,10,12,14-16,18-20,30-31H2,1-5H3. The van der Waals surface area contributed by atoms with Crippen LogP contribution >= 0.6 is 0 Å². The van der Waals surface area contributed by atoms with Crippen LogP contribution in [0.1, 0.15) is 147 Å². The first-order valence-electron chi connectivity index (χ1n) is 19.9. The van der Waals surface area contributed by atoms with E-state index < -0.39 is 6.04 Å². The molecule has 5 aromatic carbocycles. The number of rotatable bonds is 13. The van der Waals surface area contributed by atoms with Crippen LogP contribution < -0.4 is 0 Å². The van der Waals surface area contributed by atoms with Gasteiger partial charge in [-0.2, -0.15) is 0 Å². The Kier molecular flexibility index (Phi) is 10.7. The zero-order valence-corrected chi connectivity index (χ0v) is 32.7. The Labute approximate surface area is 324 Å². The molecule has 0 aromatic heterocycles. The van der Waals surface area contributed by atoms with E-state index in [9.17, 15) is 19.2 Å². The predicted molar refractivity (Wildman–Crippen MR) is 222 cm³/mol. The van der Waals surface area contributed by atoms with Crippen molar-refractivity contribution >= 4 is 66.7 Å². The molecular weight excluding hydrogens is 681 g/mol. The van der Waals surface area contributed by atoms with E-state index in [1.165, 1.54) is 9.80 Å². The molecule has 7 rings (SSSR count). The largest absolute Gasteiger partial charge is 0.274 e. The first kappa shape index (κ1) is 37.7. The van der Waals surface area contributed by atoms with Gasteiger partial charge in [0.1, 0.15) is 6.04 Å². The molecule has 1 atom stereocenters. The molecule has 0 bridgehead atoms. The molecule has 0 N–H and O–H groups in total. The minimum atomic E-state index is -0.624. The zero-order chi connectivity index (χ0) is 38.9. The maximum absolute atomic E-state index is 14.4. The van der Waals surface area contributed by atoms with Crippen molar-refractivity contribution in [1.82, 2.24) is 9.80 Å². The van der Waals surface area contributed by atoms with E-state index in [4.69, 9.17) is 0 Å². The Morgan fingerprint density at radius 1 is 0.545 bits per heavy atom. The lowest BCUT2D eigenvalue weighted by atomic mass is 9.82. The SMILES string of the molecule is CC#CC#CC#CC(CCCCCCC)N1C(=O)c2ccc3c4ccc5c6c(ccc(c7ccc(c2c37)C1=O)c64)C(=O)N(CCCCCCC(C)(C)C)C5=O. The van der Waals surface area contributed by atoms with E-state index in [1.54, 1.807) is 6.92 Å². The van der Waals surface area contributed by atoms with E-state index in [0.717, 1.165) is 96.5 Å². The van der Waals surface area contributed by atoms with Crippen LogP contribution in [0, 0.1) is 40.9 Å². The number of unbranched alkanes of at least 4 members (excludes halogenated alkanes) is 7. The molecule has 0 saturated carbocycles. The molecule has 0 saturated heterocycles. The highest BCUT2D eigenvalue weighted by atomic mass is 16.2. The number of nitrogens with zero attached hydrogens (tertiary/aromatic N) is 2. The summed E-state index contributed by atoms with van der Waals surface area (Å²) in [4.78, 5) is 59.4. The third-order valence-electron chi connectivity index (χ3n) is 11.3. The molecule has 6 nitrogen and oxygen atoms in total. The van der Waals surface area contributed by atoms with E-state index >= 15 is 0 Å². The van der Waals surface area contributed by atoms with Crippen molar-refractivity contribution < 1.29 is 19.2 Å². The summed E-state index contributed by atoms with van der Waals surface area (Å²) < 4.78 is 0. The monoisotopic (exact) mass is 728 g/mol. The summed E-state index contributed by atoms with van der Waals surface area (Å²) in [6, 6.07) is 14.5. The molecule has 6 heteroatoms. The van der Waals surface area contributed by atoms with Gasteiger partial charge in [-0.15, -0.1) is 0 Å². The average Bonchev–Trinajstić information content (AvgIpc) is 3.16. The highest BCUT2D eigenvalue weighted by Gasteiger charge is 2.39. The van der Waals surface area contributed by atoms with Gasteiger partial charge in [0.2, 0.25) is 0 Å². The average molecular weight is 729 g/mol. The quantitative estimate of drug-likeness (QED) is 0.0398. The molecule has 1 unspecified atom stereocenters. The third-order valence-corrected chi connectivity index (χ3v) is 11.3. The molecule has 0 aliphatic carbocycles. The normalized spacial score (nSPS) is 14.3. The number of carbonyl (C=O) groups excluding carboxylic acids is 4. The van der Waals surface area contributed by atoms with Gasteiger partial charge in [0, 0.05) is 39.6 Å². The highest BCUT2D eigenvalue weighted by molar-refractivity contribution is 6.41. The van der Waals surface area contributed by atoms with Gasteiger partial charge in [0.15, 0.2) is 0 Å². The van der Waals surface area contributed by atoms with Crippen LogP contribution in [-0.4, -0.2) is 46.0 Å². The van der Waals surface area contributed by atoms with Crippen LogP contribution in [0.25, 0.3) is 43.1 Å². The number of hydrogen-bond acceptors (Lipinski definition) is 4. The molecule has 2 heterocycles. The lowest BCUT2D eigenvalue weighted by Crippen LogP contribution is -2.46. The van der Waals surface area contributed by atoms with E-state index in [1.807, 2.05) is 48.5 Å². The van der Waals surface area contributed by atoms with Crippen molar-refractivity contribution in [3.63, 3.8) is 0 Å². The van der Waals surface area contributed by atoms with Crippen molar-refractivity contribution in [2.75, 3.05) is 6.54 Å². The van der Waals surface area contributed by atoms with Gasteiger partial charge in [-0.3, -0.25) is 29.0 Å². The van der Waals surface area contributed by atoms with Gasteiger partial charge in [-0.1, -0.05) is 115 Å². The highest BCUT2D eigenvalue weighted by Crippen LogP contribution is 2.46. The second-order valence-corrected chi connectivity index (χ2v) is 16.2. The van der Waals surface area contributed by atoms with Crippen LogP contribution in [0.2, 0.25) is 0 Å². The predicted octanol–water partition coefficient (Wildman–Crippen LogP) is 10.7. The molecule has 55 heavy (non-hydrogen) atoms. The number of benzene rings is 5. The van der Waals surface area contributed by atoms with Crippen molar-refractivity contribution in [1.29, 1.82) is 0 Å². The van der Waals surface area contributed by atoms with Gasteiger partial charge in [-0.25, -0.2) is 0 Å². The summed E-state index contributed by atoms with van der Waals surface area (Å²) >= 11 is 0. The fourth-order valence-electron chi connectivity index (χ4n) is 8.55. The summed E-state index contributed by atoms with van der Waals surface area (Å²) in [5, 5.41) is 6.51. The molecule has 2 aliphatic heterocycles. The molecule has 2 aliphatic rings. The first-order chi connectivity index (χ1) is 26.6. The summed E-state index contributed by atoms with van der Waals surface area (Å²) in [7, 11) is 0. The maximum atomic E-state index is 14.4. The van der Waals surface area contributed by atoms with Crippen molar-refractivity contribution in [2.45, 2.75) is 111 Å². The summed E-state index contributed by atoms with van der Waals surface area (Å²) in [6.45, 7) is 11.0. The molecule has 5 aromatic rings. The number of fused-ring (bicyclic) bond motifs is 2. The topological polar surface area (TPSA) is 74.8 Å². The van der Waals surface area contributed by atoms with E-state index in [2.05, 4.69) is 63.2 Å². The van der Waals surface area contributed by atoms with Gasteiger partial charge in [0.05, 0.1) is 0 Å². The molecule has 278 valence electrons. The van der Waals surface area contributed by atoms with Crippen LogP contribution in [0.15, 0.2) is 48.5 Å². The summed E-state index contributed by atoms with van der Waals surface area (Å²) in [5.74, 6) is 15.6. The van der Waals surface area contributed by atoms with Gasteiger partial charge in [-0.05, 0) is 112 Å². The number of amides is 4. The first-order valence-corrected chi connectivity index (χ1v) is 19.9. The molecule has 0 spiro atoms. The Hall–Kier alpha value is -5.64. The van der Waals surface area contributed by atoms with Crippen LogP contribution in [-0.2, 0) is 0 Å². The van der Waals surface area contributed by atoms with Gasteiger partial charge in [0.25, 0.3) is 23.6 Å². The Balaban J connectivity index is 1.26. The number of imide groups is 2. The molecule has 0 radical (unpaired) electrons. The number of hydrogen-bond donors (Lipinski definition) is 0. The van der Waals surface area contributed by atoms with Gasteiger partial charge < -0.3 is 0 Å². The maximum Gasteiger partial charge on any atom is 0.262 e. The van der Waals surface area contributed by atoms with Gasteiger partial charge >= 0.3 is 0 Å². The second kappa shape index (κ2) is 15.6. The Bertz CT molecular complexity index is 2450. The van der Waals surface area contributed by atoms with Crippen molar-refractivity contribution in [3.05, 3.63) is 70.8 Å². The minimum absolute atomic E-state index is 0.254. The molecule has 0 fully saturated rings. The smallest absolute Gasteiger partial charge is 0.262 e. The second-order valence-electron chi connectivity index (χ2n) is 16.2. The minimum Gasteiger partial charge on any atom is -0.274 e. The Morgan fingerprint density at radius 2 is 1.02 bits per heavy atom. The fourth-order valence-corrected chi connectivity index (χ4v) is 8.55. The summed E-state index contributed by atoms with van der Waals surface area (Å²) in [6.07, 6.45) is 10.9. The van der Waals surface area contributed by atoms with E-state index in [-0.39, 0.29) is 23.6 Å². The van der Waals surface area contributed by atoms with E-state index in [0.29, 0.717) is 51.4 Å². The third kappa shape index (κ3) is 6.94. The zero-order valence-electron chi connectivity index (χ0n) is 32.7. The molecular formula is C49H48N2O4. The summed E-state index contributed by atoms with van der Waals surface area (Å²) in [5.41, 5.74) is 2.29. The van der Waals surface area contributed by atoms with Crippen LogP contribution in [0.5, 0.6) is 0 Å². The fraction of sp³-hybridized carbons (Fsp3) is 0.388.